The number of aryl methyl sites for hydroxylation is 2. The van der Waals surface area contributed by atoms with Crippen molar-refractivity contribution in [2.24, 2.45) is 0 Å². The quantitative estimate of drug-likeness (QED) is 0.880. The van der Waals surface area contributed by atoms with Crippen LogP contribution in [0.5, 0.6) is 0 Å². The Bertz CT molecular complexity index is 675. The third-order valence-corrected chi connectivity index (χ3v) is 3.27. The van der Waals surface area contributed by atoms with Crippen LogP contribution in [0.15, 0.2) is 28.8 Å². The topological polar surface area (TPSA) is 92.4 Å². The number of amides is 1. The third-order valence-electron chi connectivity index (χ3n) is 3.27. The summed E-state index contributed by atoms with van der Waals surface area (Å²) in [5.41, 5.74) is 1.50. The number of nitrogens with zero attached hydrogens (tertiary/aromatic N) is 1. The predicted octanol–water partition coefficient (Wildman–Crippen LogP) is 1.92. The molecule has 0 spiro atoms. The van der Waals surface area contributed by atoms with Crippen molar-refractivity contribution in [1.29, 1.82) is 0 Å². The number of carboxylic acids is 1. The molecule has 0 radical (unpaired) electrons. The number of aromatic nitrogens is 1. The number of benzene rings is 1. The van der Waals surface area contributed by atoms with Gasteiger partial charge in [0.05, 0.1) is 12.1 Å². The second kappa shape index (κ2) is 6.38. The minimum absolute atomic E-state index is 0.0356. The van der Waals surface area contributed by atoms with Crippen LogP contribution < -0.4 is 5.32 Å². The van der Waals surface area contributed by atoms with Gasteiger partial charge in [-0.2, -0.15) is 0 Å². The number of carbonyl (C=O) groups excluding carboxylic acids is 1. The first-order chi connectivity index (χ1) is 10.4. The van der Waals surface area contributed by atoms with Crippen molar-refractivity contribution in [2.75, 3.05) is 0 Å². The zero-order valence-corrected chi connectivity index (χ0v) is 12.1. The highest BCUT2D eigenvalue weighted by Gasteiger charge is 2.23. The molecule has 0 bridgehead atoms. The summed E-state index contributed by atoms with van der Waals surface area (Å²) in [6.07, 6.45) is -0.0356. The van der Waals surface area contributed by atoms with Gasteiger partial charge in [-0.25, -0.2) is 9.18 Å². The molecule has 0 saturated carbocycles. The van der Waals surface area contributed by atoms with Gasteiger partial charge in [0.25, 0.3) is 0 Å². The van der Waals surface area contributed by atoms with Gasteiger partial charge in [0.1, 0.15) is 11.6 Å². The van der Waals surface area contributed by atoms with Gasteiger partial charge in [0.15, 0.2) is 6.04 Å². The van der Waals surface area contributed by atoms with Crippen molar-refractivity contribution < 1.29 is 23.6 Å². The number of carboxylic acid groups (broad SMARTS) is 1. The molecule has 2 rings (SSSR count). The van der Waals surface area contributed by atoms with E-state index < -0.39 is 23.7 Å². The Morgan fingerprint density at radius 2 is 1.95 bits per heavy atom. The molecule has 1 atom stereocenters. The summed E-state index contributed by atoms with van der Waals surface area (Å²) in [5.74, 6) is -1.67. The molecule has 2 N–H and O–H groups in total. The molecule has 0 aliphatic carbocycles. The van der Waals surface area contributed by atoms with E-state index in [4.69, 9.17) is 4.52 Å². The highest BCUT2D eigenvalue weighted by atomic mass is 19.1. The lowest BCUT2D eigenvalue weighted by Crippen LogP contribution is -2.34. The van der Waals surface area contributed by atoms with Crippen LogP contribution in [0.25, 0.3) is 0 Å². The molecule has 0 fully saturated rings. The normalized spacial score (nSPS) is 12.0. The van der Waals surface area contributed by atoms with Crippen molar-refractivity contribution in [3.8, 4) is 0 Å². The molecule has 1 aromatic carbocycles. The fourth-order valence-electron chi connectivity index (χ4n) is 2.07. The fraction of sp³-hybridized carbons (Fsp3) is 0.267. The van der Waals surface area contributed by atoms with Gasteiger partial charge in [-0.3, -0.25) is 4.79 Å². The maximum Gasteiger partial charge on any atom is 0.330 e. The minimum Gasteiger partial charge on any atom is -0.479 e. The van der Waals surface area contributed by atoms with Crippen LogP contribution in [0.3, 0.4) is 0 Å². The molecule has 0 aliphatic rings. The Labute approximate surface area is 125 Å². The van der Waals surface area contributed by atoms with Crippen molar-refractivity contribution in [1.82, 2.24) is 10.5 Å². The van der Waals surface area contributed by atoms with Gasteiger partial charge in [0.2, 0.25) is 5.91 Å². The zero-order valence-electron chi connectivity index (χ0n) is 12.1. The number of hydrogen-bond acceptors (Lipinski definition) is 4. The van der Waals surface area contributed by atoms with E-state index in [1.54, 1.807) is 13.8 Å². The van der Waals surface area contributed by atoms with E-state index in [1.807, 2.05) is 0 Å². The number of hydrogen-bond donors (Lipinski definition) is 2. The summed E-state index contributed by atoms with van der Waals surface area (Å²) in [6, 6.07) is 3.69. The first-order valence-electron chi connectivity index (χ1n) is 6.58. The molecule has 1 unspecified atom stereocenters. The van der Waals surface area contributed by atoms with E-state index in [0.717, 1.165) is 12.1 Å². The fourth-order valence-corrected chi connectivity index (χ4v) is 2.07. The molecule has 1 amide bonds. The smallest absolute Gasteiger partial charge is 0.330 e. The van der Waals surface area contributed by atoms with E-state index in [9.17, 15) is 19.1 Å². The lowest BCUT2D eigenvalue weighted by atomic mass is 10.1. The Hall–Kier alpha value is -2.70. The molecular weight excluding hydrogens is 291 g/mol. The number of rotatable bonds is 5. The molecule has 1 aromatic heterocycles. The van der Waals surface area contributed by atoms with Crippen molar-refractivity contribution in [3.05, 3.63) is 52.7 Å². The predicted molar refractivity (Wildman–Crippen MR) is 74.6 cm³/mol. The van der Waals surface area contributed by atoms with Crippen LogP contribution in [0, 0.1) is 19.7 Å². The van der Waals surface area contributed by atoms with Crippen LogP contribution in [0.4, 0.5) is 4.39 Å². The molecule has 1 heterocycles. The van der Waals surface area contributed by atoms with E-state index in [2.05, 4.69) is 10.5 Å². The van der Waals surface area contributed by atoms with Gasteiger partial charge < -0.3 is 14.9 Å². The van der Waals surface area contributed by atoms with E-state index >= 15 is 0 Å². The van der Waals surface area contributed by atoms with Crippen molar-refractivity contribution >= 4 is 11.9 Å². The highest BCUT2D eigenvalue weighted by molar-refractivity contribution is 5.85. The van der Waals surface area contributed by atoms with E-state index in [1.165, 1.54) is 12.1 Å². The van der Waals surface area contributed by atoms with Crippen LogP contribution in [-0.4, -0.2) is 22.1 Å². The monoisotopic (exact) mass is 306 g/mol. The summed E-state index contributed by atoms with van der Waals surface area (Å²) in [4.78, 5) is 23.4. The average Bonchev–Trinajstić information content (AvgIpc) is 2.77. The molecule has 22 heavy (non-hydrogen) atoms. The van der Waals surface area contributed by atoms with Crippen LogP contribution in [0.1, 0.15) is 28.6 Å². The van der Waals surface area contributed by atoms with Crippen LogP contribution >= 0.6 is 0 Å². The maximum absolute atomic E-state index is 12.9. The van der Waals surface area contributed by atoms with Crippen LogP contribution in [0.2, 0.25) is 0 Å². The second-order valence-corrected chi connectivity index (χ2v) is 4.87. The lowest BCUT2D eigenvalue weighted by molar-refractivity contribution is -0.142. The summed E-state index contributed by atoms with van der Waals surface area (Å²) < 4.78 is 17.9. The summed E-state index contributed by atoms with van der Waals surface area (Å²) in [7, 11) is 0. The standard InChI is InChI=1S/C15H15FN2O4/c1-8-12(9(2)22-18-8)7-13(19)17-14(15(20)21)10-3-5-11(16)6-4-10/h3-6,14H,7H2,1-2H3,(H,17,19)(H,20,21). The first-order valence-corrected chi connectivity index (χ1v) is 6.58. The van der Waals surface area contributed by atoms with E-state index in [-0.39, 0.29) is 6.42 Å². The van der Waals surface area contributed by atoms with Gasteiger partial charge in [-0.15, -0.1) is 0 Å². The second-order valence-electron chi connectivity index (χ2n) is 4.87. The Kier molecular flexibility index (Phi) is 4.55. The Balaban J connectivity index is 2.13. The summed E-state index contributed by atoms with van der Waals surface area (Å²) >= 11 is 0. The molecule has 6 nitrogen and oxygen atoms in total. The highest BCUT2D eigenvalue weighted by Crippen LogP contribution is 2.16. The van der Waals surface area contributed by atoms with Gasteiger partial charge >= 0.3 is 5.97 Å². The number of halogens is 1. The summed E-state index contributed by atoms with van der Waals surface area (Å²) in [5, 5.41) is 15.4. The minimum atomic E-state index is -1.24. The number of carbonyl (C=O) groups is 2. The van der Waals surface area contributed by atoms with Crippen molar-refractivity contribution in [2.45, 2.75) is 26.3 Å². The van der Waals surface area contributed by atoms with Gasteiger partial charge in [0, 0.05) is 5.56 Å². The average molecular weight is 306 g/mol. The lowest BCUT2D eigenvalue weighted by Gasteiger charge is -2.15. The first kappa shape index (κ1) is 15.7. The van der Waals surface area contributed by atoms with Crippen LogP contribution in [-0.2, 0) is 16.0 Å². The van der Waals surface area contributed by atoms with Crippen molar-refractivity contribution in [3.63, 3.8) is 0 Å². The molecule has 7 heteroatoms. The molecule has 0 aliphatic heterocycles. The van der Waals surface area contributed by atoms with Gasteiger partial charge in [-0.1, -0.05) is 17.3 Å². The Morgan fingerprint density at radius 1 is 1.32 bits per heavy atom. The molecule has 2 aromatic rings. The molecule has 0 saturated heterocycles. The number of nitrogens with one attached hydrogen (secondary N) is 1. The molecular formula is C15H15FN2O4. The van der Waals surface area contributed by atoms with Gasteiger partial charge in [-0.05, 0) is 31.5 Å². The maximum atomic E-state index is 12.9. The van der Waals surface area contributed by atoms with E-state index in [0.29, 0.717) is 22.6 Å². The molecule has 116 valence electrons. The Morgan fingerprint density at radius 3 is 2.45 bits per heavy atom. The summed E-state index contributed by atoms with van der Waals surface area (Å²) in [6.45, 7) is 3.38. The third kappa shape index (κ3) is 3.49. The SMILES string of the molecule is Cc1noc(C)c1CC(=O)NC(C(=O)O)c1ccc(F)cc1. The number of aliphatic carboxylic acids is 1. The largest absolute Gasteiger partial charge is 0.479 e. The zero-order chi connectivity index (χ0) is 16.3.